The van der Waals surface area contributed by atoms with Gasteiger partial charge in [-0.2, -0.15) is 4.73 Å². The molecule has 0 saturated carbocycles. The third kappa shape index (κ3) is 4.25. The van der Waals surface area contributed by atoms with Crippen LogP contribution in [0.1, 0.15) is 93.7 Å². The van der Waals surface area contributed by atoms with Crippen molar-refractivity contribution in [2.75, 3.05) is 21.3 Å². The van der Waals surface area contributed by atoms with Crippen molar-refractivity contribution in [3.8, 4) is 5.75 Å². The SMILES string of the molecule is CCCCCCCC[C@H]1CC[C@@H](OC)c2c1c(=O)c(OC)c(C)n2OC. The molecule has 1 heterocycles. The molecule has 1 aromatic heterocycles. The average molecular weight is 366 g/mol. The van der Waals surface area contributed by atoms with Crippen molar-refractivity contribution >= 4 is 0 Å². The summed E-state index contributed by atoms with van der Waals surface area (Å²) in [6, 6.07) is 0. The molecule has 5 nitrogen and oxygen atoms in total. The minimum atomic E-state index is -0.108. The van der Waals surface area contributed by atoms with Crippen LogP contribution in [-0.2, 0) is 4.74 Å². The Morgan fingerprint density at radius 2 is 1.73 bits per heavy atom. The third-order valence-electron chi connectivity index (χ3n) is 5.65. The molecule has 1 aromatic rings. The number of nitrogens with zero attached hydrogens (tertiary/aromatic N) is 1. The Kier molecular flexibility index (Phi) is 8.01. The summed E-state index contributed by atoms with van der Waals surface area (Å²) >= 11 is 0. The Morgan fingerprint density at radius 1 is 1.04 bits per heavy atom. The molecule has 1 aliphatic rings. The predicted molar refractivity (Wildman–Crippen MR) is 104 cm³/mol. The zero-order valence-corrected chi connectivity index (χ0v) is 17.1. The van der Waals surface area contributed by atoms with E-state index in [4.69, 9.17) is 14.3 Å². The summed E-state index contributed by atoms with van der Waals surface area (Å²) < 4.78 is 12.8. The number of pyridine rings is 1. The summed E-state index contributed by atoms with van der Waals surface area (Å²) in [7, 11) is 4.88. The van der Waals surface area contributed by atoms with Crippen LogP contribution in [0.2, 0.25) is 0 Å². The third-order valence-corrected chi connectivity index (χ3v) is 5.65. The van der Waals surface area contributed by atoms with Crippen molar-refractivity contribution in [1.29, 1.82) is 0 Å². The Labute approximate surface area is 157 Å². The van der Waals surface area contributed by atoms with E-state index < -0.39 is 0 Å². The molecule has 5 heteroatoms. The van der Waals surface area contributed by atoms with Gasteiger partial charge in [0.1, 0.15) is 18.9 Å². The molecular formula is C21H35NO4. The summed E-state index contributed by atoms with van der Waals surface area (Å²) in [5.41, 5.74) is 2.41. The highest BCUT2D eigenvalue weighted by Crippen LogP contribution is 2.41. The van der Waals surface area contributed by atoms with E-state index in [1.54, 1.807) is 26.1 Å². The summed E-state index contributed by atoms with van der Waals surface area (Å²) in [6.07, 6.45) is 10.4. The van der Waals surface area contributed by atoms with Gasteiger partial charge in [-0.05, 0) is 32.1 Å². The quantitative estimate of drug-likeness (QED) is 0.571. The van der Waals surface area contributed by atoms with E-state index in [9.17, 15) is 4.79 Å². The van der Waals surface area contributed by atoms with Gasteiger partial charge in [0, 0.05) is 12.7 Å². The topological polar surface area (TPSA) is 49.7 Å². The summed E-state index contributed by atoms with van der Waals surface area (Å²) in [5, 5.41) is 0. The Hall–Kier alpha value is -1.49. The summed E-state index contributed by atoms with van der Waals surface area (Å²) in [6.45, 7) is 4.09. The molecule has 0 aromatic carbocycles. The first-order valence-electron chi connectivity index (χ1n) is 10.0. The lowest BCUT2D eigenvalue weighted by Gasteiger charge is -2.33. The van der Waals surface area contributed by atoms with Gasteiger partial charge >= 0.3 is 0 Å². The molecule has 2 atom stereocenters. The van der Waals surface area contributed by atoms with Crippen molar-refractivity contribution in [3.63, 3.8) is 0 Å². The minimum Gasteiger partial charge on any atom is -0.491 e. The van der Waals surface area contributed by atoms with Gasteiger partial charge in [0.25, 0.3) is 0 Å². The monoisotopic (exact) mass is 365 g/mol. The zero-order valence-electron chi connectivity index (χ0n) is 17.1. The first-order chi connectivity index (χ1) is 12.6. The van der Waals surface area contributed by atoms with Gasteiger partial charge in [0.05, 0.1) is 12.8 Å². The number of hydrogen-bond donors (Lipinski definition) is 0. The van der Waals surface area contributed by atoms with Gasteiger partial charge in [-0.15, -0.1) is 0 Å². The standard InChI is InChI=1S/C21H35NO4/c1-6-7-8-9-10-11-12-16-13-14-17(24-3)19-18(16)20(23)21(25-4)15(2)22(19)26-5/h16-17H,6-14H2,1-5H3/t16-,17+/m0/s1. The van der Waals surface area contributed by atoms with E-state index in [0.29, 0.717) is 11.4 Å². The molecule has 0 unspecified atom stereocenters. The van der Waals surface area contributed by atoms with E-state index in [2.05, 4.69) is 6.92 Å². The highest BCUT2D eigenvalue weighted by atomic mass is 16.6. The van der Waals surface area contributed by atoms with Crippen molar-refractivity contribution in [1.82, 2.24) is 4.73 Å². The van der Waals surface area contributed by atoms with E-state index >= 15 is 0 Å². The van der Waals surface area contributed by atoms with Crippen LogP contribution in [0.25, 0.3) is 0 Å². The Bertz CT molecular complexity index is 638. The van der Waals surface area contributed by atoms with Crippen LogP contribution >= 0.6 is 0 Å². The second-order valence-electron chi connectivity index (χ2n) is 7.28. The van der Waals surface area contributed by atoms with E-state index in [0.717, 1.165) is 36.9 Å². The maximum atomic E-state index is 13.1. The molecule has 0 bridgehead atoms. The van der Waals surface area contributed by atoms with Crippen molar-refractivity contribution in [3.05, 3.63) is 27.2 Å². The molecule has 148 valence electrons. The highest BCUT2D eigenvalue weighted by molar-refractivity contribution is 5.40. The van der Waals surface area contributed by atoms with Crippen LogP contribution in [0.4, 0.5) is 0 Å². The van der Waals surface area contributed by atoms with Crippen LogP contribution in [0.15, 0.2) is 4.79 Å². The molecule has 1 aliphatic carbocycles. The van der Waals surface area contributed by atoms with Crippen LogP contribution in [-0.4, -0.2) is 26.1 Å². The van der Waals surface area contributed by atoms with Crippen molar-refractivity contribution < 1.29 is 14.3 Å². The molecule has 0 spiro atoms. The van der Waals surface area contributed by atoms with Gasteiger partial charge in [0.2, 0.25) is 5.43 Å². The van der Waals surface area contributed by atoms with Crippen LogP contribution in [0.3, 0.4) is 0 Å². The fourth-order valence-corrected chi connectivity index (χ4v) is 4.28. The smallest absolute Gasteiger partial charge is 0.227 e. The Balaban J connectivity index is 2.30. The van der Waals surface area contributed by atoms with Crippen LogP contribution < -0.4 is 15.0 Å². The number of ether oxygens (including phenoxy) is 2. The fourth-order valence-electron chi connectivity index (χ4n) is 4.28. The number of hydrogen-bond acceptors (Lipinski definition) is 4. The molecule has 0 N–H and O–H groups in total. The maximum absolute atomic E-state index is 13.1. The molecule has 0 aliphatic heterocycles. The van der Waals surface area contributed by atoms with Gasteiger partial charge < -0.3 is 14.3 Å². The summed E-state index contributed by atoms with van der Waals surface area (Å²) in [5.74, 6) is 0.640. The van der Waals surface area contributed by atoms with Crippen LogP contribution in [0.5, 0.6) is 5.75 Å². The first-order valence-corrected chi connectivity index (χ1v) is 10.0. The van der Waals surface area contributed by atoms with Gasteiger partial charge in [-0.3, -0.25) is 4.79 Å². The van der Waals surface area contributed by atoms with Gasteiger partial charge in [-0.1, -0.05) is 45.4 Å². The van der Waals surface area contributed by atoms with Gasteiger partial charge in [-0.25, -0.2) is 0 Å². The maximum Gasteiger partial charge on any atom is 0.227 e. The largest absolute Gasteiger partial charge is 0.491 e. The van der Waals surface area contributed by atoms with Gasteiger partial charge in [0.15, 0.2) is 5.75 Å². The van der Waals surface area contributed by atoms with E-state index in [1.807, 2.05) is 6.92 Å². The first kappa shape index (κ1) is 20.8. The van der Waals surface area contributed by atoms with Crippen molar-refractivity contribution in [2.45, 2.75) is 83.7 Å². The second-order valence-corrected chi connectivity index (χ2v) is 7.28. The van der Waals surface area contributed by atoms with Crippen LogP contribution in [0, 0.1) is 6.92 Å². The number of methoxy groups -OCH3 is 2. The summed E-state index contributed by atoms with van der Waals surface area (Å²) in [4.78, 5) is 18.7. The lowest BCUT2D eigenvalue weighted by Crippen LogP contribution is -2.33. The highest BCUT2D eigenvalue weighted by Gasteiger charge is 2.35. The predicted octanol–water partition coefficient (Wildman–Crippen LogP) is 4.54. The number of unbranched alkanes of at least 4 members (excludes halogenated alkanes) is 5. The molecule has 0 amide bonds. The second kappa shape index (κ2) is 10.0. The molecular weight excluding hydrogens is 330 g/mol. The Morgan fingerprint density at radius 3 is 2.35 bits per heavy atom. The van der Waals surface area contributed by atoms with E-state index in [1.165, 1.54) is 32.1 Å². The normalized spacial score (nSPS) is 19.3. The molecule has 0 fully saturated rings. The molecule has 26 heavy (non-hydrogen) atoms. The molecule has 0 saturated heterocycles. The molecule has 0 radical (unpaired) electrons. The molecule has 2 rings (SSSR count). The van der Waals surface area contributed by atoms with Crippen molar-refractivity contribution in [2.24, 2.45) is 0 Å². The zero-order chi connectivity index (χ0) is 19.1. The number of aromatic nitrogens is 1. The lowest BCUT2D eigenvalue weighted by molar-refractivity contribution is 0.0472. The van der Waals surface area contributed by atoms with E-state index in [-0.39, 0.29) is 17.5 Å². The number of rotatable bonds is 10. The fraction of sp³-hybridized carbons (Fsp3) is 0.762. The number of fused-ring (bicyclic) bond motifs is 1. The lowest BCUT2D eigenvalue weighted by atomic mass is 9.80. The minimum absolute atomic E-state index is 0.00559. The average Bonchev–Trinajstić information content (AvgIpc) is 2.65.